The Morgan fingerprint density at radius 3 is 2.33 bits per heavy atom. The van der Waals surface area contributed by atoms with Crippen molar-refractivity contribution in [2.45, 2.75) is 32.8 Å². The second-order valence-corrected chi connectivity index (χ2v) is 4.73. The van der Waals surface area contributed by atoms with Crippen LogP contribution in [0.1, 0.15) is 32.3 Å². The summed E-state index contributed by atoms with van der Waals surface area (Å²) >= 11 is 5.69. The van der Waals surface area contributed by atoms with Crippen molar-refractivity contribution < 1.29 is 14.3 Å². The summed E-state index contributed by atoms with van der Waals surface area (Å²) in [5.74, 6) is 1.13. The topological polar surface area (TPSA) is 35.5 Å². The Kier molecular flexibility index (Phi) is 5.99. The van der Waals surface area contributed by atoms with Gasteiger partial charge in [-0.3, -0.25) is 4.79 Å². The van der Waals surface area contributed by atoms with Gasteiger partial charge in [0.2, 0.25) is 0 Å². The highest BCUT2D eigenvalue weighted by atomic mass is 35.5. The fourth-order valence-corrected chi connectivity index (χ4v) is 1.63. The number of hydrogen-bond donors (Lipinski definition) is 0. The summed E-state index contributed by atoms with van der Waals surface area (Å²) in [4.78, 5) is 10.8. The third kappa shape index (κ3) is 4.96. The molecule has 0 unspecified atom stereocenters. The molecule has 0 N–H and O–H groups in total. The maximum Gasteiger partial charge on any atom is 0.303 e. The fourth-order valence-electron chi connectivity index (χ4n) is 1.48. The number of benzene rings is 1. The molecular weight excluding hydrogens is 252 g/mol. The second kappa shape index (κ2) is 7.27. The first-order chi connectivity index (χ1) is 8.52. The van der Waals surface area contributed by atoms with Gasteiger partial charge in [-0.15, -0.1) is 11.6 Å². The van der Waals surface area contributed by atoms with Crippen LogP contribution in [0.5, 0.6) is 5.75 Å². The van der Waals surface area contributed by atoms with Crippen molar-refractivity contribution in [2.75, 3.05) is 12.5 Å². The maximum atomic E-state index is 10.8. The van der Waals surface area contributed by atoms with Crippen molar-refractivity contribution in [2.24, 2.45) is 0 Å². The molecule has 4 heteroatoms. The minimum absolute atomic E-state index is 0.226. The van der Waals surface area contributed by atoms with E-state index in [1.807, 2.05) is 24.3 Å². The van der Waals surface area contributed by atoms with E-state index in [4.69, 9.17) is 21.1 Å². The van der Waals surface area contributed by atoms with E-state index in [9.17, 15) is 4.79 Å². The first-order valence-corrected chi connectivity index (χ1v) is 6.52. The number of carbonyl (C=O) groups excluding carboxylic acids is 1. The highest BCUT2D eigenvalue weighted by molar-refractivity contribution is 6.18. The van der Waals surface area contributed by atoms with Crippen LogP contribution in [-0.2, 0) is 9.53 Å². The third-order valence-electron chi connectivity index (χ3n) is 2.49. The number of alkyl halides is 1. The van der Waals surface area contributed by atoms with Crippen LogP contribution in [0.4, 0.5) is 0 Å². The molecule has 18 heavy (non-hydrogen) atoms. The number of halogens is 1. The average Bonchev–Trinajstić information content (AvgIpc) is 2.34. The van der Waals surface area contributed by atoms with E-state index in [0.29, 0.717) is 5.92 Å². The molecule has 0 aliphatic rings. The quantitative estimate of drug-likeness (QED) is 0.587. The molecule has 1 rings (SSSR count). The van der Waals surface area contributed by atoms with E-state index >= 15 is 0 Å². The predicted molar refractivity (Wildman–Crippen MR) is 72.3 cm³/mol. The number of carbonyl (C=O) groups is 1. The first-order valence-electron chi connectivity index (χ1n) is 5.99. The zero-order chi connectivity index (χ0) is 13.5. The molecule has 0 amide bonds. The highest BCUT2D eigenvalue weighted by Crippen LogP contribution is 2.18. The minimum atomic E-state index is -0.408. The molecule has 0 saturated carbocycles. The summed E-state index contributed by atoms with van der Waals surface area (Å²) in [7, 11) is 0. The summed E-state index contributed by atoms with van der Waals surface area (Å²) in [6.45, 7) is 5.90. The number of esters is 1. The van der Waals surface area contributed by atoms with Crippen LogP contribution in [-0.4, -0.2) is 24.6 Å². The van der Waals surface area contributed by atoms with Crippen molar-refractivity contribution >= 4 is 17.6 Å². The normalized spacial score (nSPS) is 12.3. The zero-order valence-electron chi connectivity index (χ0n) is 11.0. The third-order valence-corrected chi connectivity index (χ3v) is 2.83. The molecule has 100 valence electrons. The van der Waals surface area contributed by atoms with Gasteiger partial charge in [0.05, 0.1) is 5.88 Å². The van der Waals surface area contributed by atoms with Gasteiger partial charge in [0, 0.05) is 6.92 Å². The molecule has 3 nitrogen and oxygen atoms in total. The standard InChI is InChI=1S/C14H19ClO3/c1-10(2)12-4-6-13(7-5-12)17-9-14(8-15)18-11(3)16/h4-7,10,14H,8-9H2,1-3H3/t14-/m1/s1. The van der Waals surface area contributed by atoms with E-state index in [1.165, 1.54) is 12.5 Å². The van der Waals surface area contributed by atoms with Gasteiger partial charge in [-0.25, -0.2) is 0 Å². The fraction of sp³-hybridized carbons (Fsp3) is 0.500. The van der Waals surface area contributed by atoms with Gasteiger partial charge in [0.1, 0.15) is 18.5 Å². The molecule has 0 aromatic heterocycles. The van der Waals surface area contributed by atoms with Crippen LogP contribution in [0.3, 0.4) is 0 Å². The molecule has 0 bridgehead atoms. The summed E-state index contributed by atoms with van der Waals surface area (Å²) < 4.78 is 10.5. The Bertz CT molecular complexity index is 373. The summed E-state index contributed by atoms with van der Waals surface area (Å²) in [5.41, 5.74) is 1.26. The lowest BCUT2D eigenvalue weighted by Crippen LogP contribution is -2.25. The van der Waals surface area contributed by atoms with Crippen molar-refractivity contribution in [1.82, 2.24) is 0 Å². The lowest BCUT2D eigenvalue weighted by molar-refractivity contribution is -0.146. The Morgan fingerprint density at radius 1 is 1.28 bits per heavy atom. The van der Waals surface area contributed by atoms with E-state index in [1.54, 1.807) is 0 Å². The van der Waals surface area contributed by atoms with Crippen LogP contribution < -0.4 is 4.74 Å². The highest BCUT2D eigenvalue weighted by Gasteiger charge is 2.11. The molecule has 0 spiro atoms. The maximum absolute atomic E-state index is 10.8. The average molecular weight is 271 g/mol. The van der Waals surface area contributed by atoms with Crippen LogP contribution in [0.25, 0.3) is 0 Å². The Hall–Kier alpha value is -1.22. The van der Waals surface area contributed by atoms with Crippen molar-refractivity contribution in [3.63, 3.8) is 0 Å². The monoisotopic (exact) mass is 270 g/mol. The SMILES string of the molecule is CC(=O)O[C@H](CCl)COc1ccc(C(C)C)cc1. The van der Waals surface area contributed by atoms with Crippen LogP contribution >= 0.6 is 11.6 Å². The first kappa shape index (κ1) is 14.8. The van der Waals surface area contributed by atoms with Crippen molar-refractivity contribution in [3.8, 4) is 5.75 Å². The van der Waals surface area contributed by atoms with E-state index in [2.05, 4.69) is 13.8 Å². The van der Waals surface area contributed by atoms with Gasteiger partial charge in [-0.1, -0.05) is 26.0 Å². The lowest BCUT2D eigenvalue weighted by atomic mass is 10.0. The zero-order valence-corrected chi connectivity index (χ0v) is 11.7. The number of ether oxygens (including phenoxy) is 2. The van der Waals surface area contributed by atoms with E-state index < -0.39 is 6.10 Å². The molecule has 0 aliphatic heterocycles. The number of rotatable bonds is 6. The minimum Gasteiger partial charge on any atom is -0.490 e. The molecule has 0 radical (unpaired) electrons. The van der Waals surface area contributed by atoms with Gasteiger partial charge in [0.25, 0.3) is 0 Å². The molecule has 1 atom stereocenters. The Labute approximate surface area is 113 Å². The summed E-state index contributed by atoms with van der Waals surface area (Å²) in [6, 6.07) is 7.88. The Morgan fingerprint density at radius 2 is 1.89 bits per heavy atom. The van der Waals surface area contributed by atoms with Crippen molar-refractivity contribution in [3.05, 3.63) is 29.8 Å². The molecule has 0 fully saturated rings. The summed E-state index contributed by atoms with van der Waals surface area (Å²) in [6.07, 6.45) is -0.408. The molecule has 0 saturated heterocycles. The van der Waals surface area contributed by atoms with Gasteiger partial charge < -0.3 is 9.47 Å². The summed E-state index contributed by atoms with van der Waals surface area (Å²) in [5, 5.41) is 0. The van der Waals surface area contributed by atoms with Gasteiger partial charge >= 0.3 is 5.97 Å². The van der Waals surface area contributed by atoms with Gasteiger partial charge in [0.15, 0.2) is 0 Å². The molecule has 1 aromatic rings. The van der Waals surface area contributed by atoms with Crippen LogP contribution in [0.2, 0.25) is 0 Å². The molecule has 1 aromatic carbocycles. The lowest BCUT2D eigenvalue weighted by Gasteiger charge is -2.15. The smallest absolute Gasteiger partial charge is 0.303 e. The number of hydrogen-bond acceptors (Lipinski definition) is 3. The van der Waals surface area contributed by atoms with Crippen molar-refractivity contribution in [1.29, 1.82) is 0 Å². The van der Waals surface area contributed by atoms with Gasteiger partial charge in [-0.05, 0) is 23.6 Å². The largest absolute Gasteiger partial charge is 0.490 e. The van der Waals surface area contributed by atoms with Crippen LogP contribution in [0.15, 0.2) is 24.3 Å². The molecule has 0 aliphatic carbocycles. The van der Waals surface area contributed by atoms with E-state index in [-0.39, 0.29) is 18.5 Å². The van der Waals surface area contributed by atoms with E-state index in [0.717, 1.165) is 5.75 Å². The van der Waals surface area contributed by atoms with Gasteiger partial charge in [-0.2, -0.15) is 0 Å². The predicted octanol–water partition coefficient (Wildman–Crippen LogP) is 3.36. The second-order valence-electron chi connectivity index (χ2n) is 4.42. The molecule has 0 heterocycles. The van der Waals surface area contributed by atoms with Crippen LogP contribution in [0, 0.1) is 0 Å². The Balaban J connectivity index is 2.49. The molecular formula is C14H19ClO3.